The van der Waals surface area contributed by atoms with Gasteiger partial charge in [-0.05, 0) is 29.8 Å². The zero-order valence-electron chi connectivity index (χ0n) is 9.75. The monoisotopic (exact) mass is 294 g/mol. The quantitative estimate of drug-likeness (QED) is 0.897. The number of anilines is 1. The Morgan fingerprint density at radius 2 is 2.00 bits per heavy atom. The fourth-order valence-corrected chi connectivity index (χ4v) is 2.03. The largest absolute Gasteiger partial charge is 0.380 e. The summed E-state index contributed by atoms with van der Waals surface area (Å²) in [7, 11) is 0. The van der Waals surface area contributed by atoms with Gasteiger partial charge in [0, 0.05) is 6.54 Å². The van der Waals surface area contributed by atoms with Crippen molar-refractivity contribution in [1.82, 2.24) is 0 Å². The van der Waals surface area contributed by atoms with Crippen molar-refractivity contribution in [2.75, 3.05) is 5.32 Å². The zero-order chi connectivity index (χ0) is 13.8. The van der Waals surface area contributed by atoms with Crippen molar-refractivity contribution in [3.8, 4) is 6.07 Å². The molecule has 1 N–H and O–H groups in total. The number of hydrogen-bond donors (Lipinski definition) is 1. The summed E-state index contributed by atoms with van der Waals surface area (Å²) >= 11 is 12.0. The molecule has 0 aliphatic rings. The Hall–Kier alpha value is -1.76. The lowest BCUT2D eigenvalue weighted by atomic mass is 10.1. The summed E-state index contributed by atoms with van der Waals surface area (Å²) in [4.78, 5) is 0. The van der Waals surface area contributed by atoms with Crippen LogP contribution in [0, 0.1) is 17.1 Å². The summed E-state index contributed by atoms with van der Waals surface area (Å²) in [6, 6.07) is 11.3. The molecule has 0 aliphatic carbocycles. The maximum atomic E-state index is 13.0. The van der Waals surface area contributed by atoms with Gasteiger partial charge >= 0.3 is 0 Å². The third kappa shape index (κ3) is 3.17. The SMILES string of the molecule is N#Cc1cc(F)ccc1NCc1cccc(Cl)c1Cl. The number of hydrogen-bond acceptors (Lipinski definition) is 2. The Balaban J connectivity index is 2.20. The Morgan fingerprint density at radius 1 is 1.21 bits per heavy atom. The van der Waals surface area contributed by atoms with Gasteiger partial charge in [0.15, 0.2) is 0 Å². The van der Waals surface area contributed by atoms with Gasteiger partial charge in [-0.2, -0.15) is 5.26 Å². The Bertz CT molecular complexity index is 650. The van der Waals surface area contributed by atoms with Gasteiger partial charge < -0.3 is 5.32 Å². The maximum absolute atomic E-state index is 13.0. The molecule has 0 unspecified atom stereocenters. The molecule has 0 bridgehead atoms. The minimum Gasteiger partial charge on any atom is -0.380 e. The second-order valence-electron chi connectivity index (χ2n) is 3.87. The van der Waals surface area contributed by atoms with E-state index in [9.17, 15) is 4.39 Å². The van der Waals surface area contributed by atoms with E-state index in [0.29, 0.717) is 22.3 Å². The first-order valence-electron chi connectivity index (χ1n) is 5.48. The lowest BCUT2D eigenvalue weighted by molar-refractivity contribution is 0.627. The highest BCUT2D eigenvalue weighted by atomic mass is 35.5. The third-order valence-corrected chi connectivity index (χ3v) is 3.46. The van der Waals surface area contributed by atoms with Crippen molar-refractivity contribution in [3.63, 3.8) is 0 Å². The van der Waals surface area contributed by atoms with Gasteiger partial charge in [-0.1, -0.05) is 35.3 Å². The van der Waals surface area contributed by atoms with E-state index in [1.807, 2.05) is 12.1 Å². The summed E-state index contributed by atoms with van der Waals surface area (Å²) in [5.74, 6) is -0.442. The van der Waals surface area contributed by atoms with Crippen LogP contribution in [-0.4, -0.2) is 0 Å². The first kappa shape index (κ1) is 13.7. The van der Waals surface area contributed by atoms with Crippen molar-refractivity contribution >= 4 is 28.9 Å². The Morgan fingerprint density at radius 3 is 2.74 bits per heavy atom. The van der Waals surface area contributed by atoms with Crippen LogP contribution < -0.4 is 5.32 Å². The van der Waals surface area contributed by atoms with Crippen LogP contribution in [0.3, 0.4) is 0 Å². The molecule has 96 valence electrons. The van der Waals surface area contributed by atoms with E-state index in [-0.39, 0.29) is 5.56 Å². The van der Waals surface area contributed by atoms with Crippen LogP contribution in [0.2, 0.25) is 10.0 Å². The van der Waals surface area contributed by atoms with Gasteiger partial charge in [0.05, 0.1) is 21.3 Å². The highest BCUT2D eigenvalue weighted by Crippen LogP contribution is 2.26. The molecule has 0 aliphatic heterocycles. The molecule has 2 rings (SSSR count). The second kappa shape index (κ2) is 5.92. The van der Waals surface area contributed by atoms with Crippen molar-refractivity contribution in [2.45, 2.75) is 6.54 Å². The average Bonchev–Trinajstić information content (AvgIpc) is 2.41. The molecule has 0 saturated heterocycles. The zero-order valence-corrected chi connectivity index (χ0v) is 11.3. The van der Waals surface area contributed by atoms with E-state index < -0.39 is 5.82 Å². The molecule has 5 heteroatoms. The fourth-order valence-electron chi connectivity index (χ4n) is 1.64. The maximum Gasteiger partial charge on any atom is 0.124 e. The predicted octanol–water partition coefficient (Wildman–Crippen LogP) is 4.62. The fraction of sp³-hybridized carbons (Fsp3) is 0.0714. The van der Waals surface area contributed by atoms with Gasteiger partial charge in [0.25, 0.3) is 0 Å². The Labute approximate surface area is 120 Å². The van der Waals surface area contributed by atoms with Gasteiger partial charge in [-0.3, -0.25) is 0 Å². The van der Waals surface area contributed by atoms with Crippen LogP contribution in [0.5, 0.6) is 0 Å². The number of nitriles is 1. The first-order valence-corrected chi connectivity index (χ1v) is 6.24. The van der Waals surface area contributed by atoms with Gasteiger partial charge in [-0.15, -0.1) is 0 Å². The second-order valence-corrected chi connectivity index (χ2v) is 4.65. The number of rotatable bonds is 3. The molecule has 0 amide bonds. The number of nitrogens with zero attached hydrogens (tertiary/aromatic N) is 1. The van der Waals surface area contributed by atoms with E-state index in [2.05, 4.69) is 5.32 Å². The molecule has 0 fully saturated rings. The van der Waals surface area contributed by atoms with E-state index in [1.165, 1.54) is 18.2 Å². The normalized spacial score (nSPS) is 10.0. The van der Waals surface area contributed by atoms with Crippen molar-refractivity contribution in [2.24, 2.45) is 0 Å². The van der Waals surface area contributed by atoms with Crippen LogP contribution in [0.15, 0.2) is 36.4 Å². The molecule has 19 heavy (non-hydrogen) atoms. The summed E-state index contributed by atoms with van der Waals surface area (Å²) in [5, 5.41) is 12.9. The summed E-state index contributed by atoms with van der Waals surface area (Å²) in [6.45, 7) is 0.402. The minimum atomic E-state index is -0.442. The van der Waals surface area contributed by atoms with Crippen LogP contribution in [0.25, 0.3) is 0 Å². The molecular weight excluding hydrogens is 286 g/mol. The van der Waals surface area contributed by atoms with Crippen molar-refractivity contribution in [3.05, 3.63) is 63.4 Å². The van der Waals surface area contributed by atoms with Crippen LogP contribution in [0.1, 0.15) is 11.1 Å². The molecule has 0 aromatic heterocycles. The Kier molecular flexibility index (Phi) is 4.26. The summed E-state index contributed by atoms with van der Waals surface area (Å²) in [5.41, 5.74) is 1.61. The van der Waals surface area contributed by atoms with Crippen molar-refractivity contribution in [1.29, 1.82) is 5.26 Å². The molecule has 0 atom stereocenters. The van der Waals surface area contributed by atoms with Gasteiger partial charge in [0.2, 0.25) is 0 Å². The predicted molar refractivity (Wildman–Crippen MR) is 74.9 cm³/mol. The highest BCUT2D eigenvalue weighted by molar-refractivity contribution is 6.42. The van der Waals surface area contributed by atoms with E-state index >= 15 is 0 Å². The van der Waals surface area contributed by atoms with Gasteiger partial charge in [-0.25, -0.2) is 4.39 Å². The highest BCUT2D eigenvalue weighted by Gasteiger charge is 2.06. The number of halogens is 3. The summed E-state index contributed by atoms with van der Waals surface area (Å²) in [6.07, 6.45) is 0. The minimum absolute atomic E-state index is 0.248. The standard InChI is InChI=1S/C14H9Cl2FN2/c15-12-3-1-2-9(14(12)16)8-19-13-5-4-11(17)6-10(13)7-18/h1-6,19H,8H2. The van der Waals surface area contributed by atoms with Crippen LogP contribution in [-0.2, 0) is 6.54 Å². The van der Waals surface area contributed by atoms with Crippen LogP contribution >= 0.6 is 23.2 Å². The first-order chi connectivity index (χ1) is 9.11. The van der Waals surface area contributed by atoms with Crippen LogP contribution in [0.4, 0.5) is 10.1 Å². The van der Waals surface area contributed by atoms with E-state index in [4.69, 9.17) is 28.5 Å². The molecule has 2 aromatic rings. The molecular formula is C14H9Cl2FN2. The van der Waals surface area contributed by atoms with E-state index in [0.717, 1.165) is 5.56 Å². The van der Waals surface area contributed by atoms with Crippen molar-refractivity contribution < 1.29 is 4.39 Å². The lowest BCUT2D eigenvalue weighted by Crippen LogP contribution is -2.02. The average molecular weight is 295 g/mol. The van der Waals surface area contributed by atoms with E-state index in [1.54, 1.807) is 12.1 Å². The molecule has 0 saturated carbocycles. The third-order valence-electron chi connectivity index (χ3n) is 2.60. The molecule has 0 spiro atoms. The van der Waals surface area contributed by atoms with Gasteiger partial charge in [0.1, 0.15) is 11.9 Å². The lowest BCUT2D eigenvalue weighted by Gasteiger charge is -2.10. The summed E-state index contributed by atoms with van der Waals surface area (Å²) < 4.78 is 13.0. The molecule has 0 radical (unpaired) electrons. The number of nitrogens with one attached hydrogen (secondary N) is 1. The topological polar surface area (TPSA) is 35.8 Å². The molecule has 0 heterocycles. The smallest absolute Gasteiger partial charge is 0.124 e. The molecule has 2 aromatic carbocycles. The molecule has 2 nitrogen and oxygen atoms in total. The number of benzene rings is 2.